The Labute approximate surface area is 126 Å². The highest BCUT2D eigenvalue weighted by atomic mass is 16.3. The number of phenols is 1. The number of benzene rings is 2. The Kier molecular flexibility index (Phi) is 5.56. The van der Waals surface area contributed by atoms with Crippen molar-refractivity contribution in [3.63, 3.8) is 0 Å². The summed E-state index contributed by atoms with van der Waals surface area (Å²) < 4.78 is 0. The van der Waals surface area contributed by atoms with E-state index in [2.05, 4.69) is 6.92 Å². The molecular formula is C19H22O2. The number of ketones is 1. The maximum Gasteiger partial charge on any atom is 0.197 e. The van der Waals surface area contributed by atoms with Crippen molar-refractivity contribution in [2.24, 2.45) is 0 Å². The van der Waals surface area contributed by atoms with Crippen LogP contribution in [0.3, 0.4) is 0 Å². The van der Waals surface area contributed by atoms with Crippen molar-refractivity contribution in [2.75, 3.05) is 0 Å². The van der Waals surface area contributed by atoms with E-state index in [9.17, 15) is 9.90 Å². The van der Waals surface area contributed by atoms with Gasteiger partial charge in [-0.15, -0.1) is 0 Å². The number of carbonyl (C=O) groups is 1. The van der Waals surface area contributed by atoms with Crippen LogP contribution in [0.1, 0.15) is 54.1 Å². The van der Waals surface area contributed by atoms with Crippen molar-refractivity contribution in [3.05, 3.63) is 65.2 Å². The van der Waals surface area contributed by atoms with Gasteiger partial charge in [0.15, 0.2) is 5.78 Å². The van der Waals surface area contributed by atoms with E-state index in [1.165, 1.54) is 12.8 Å². The molecule has 21 heavy (non-hydrogen) atoms. The van der Waals surface area contributed by atoms with Crippen LogP contribution in [-0.4, -0.2) is 10.9 Å². The number of hydrogen-bond acceptors (Lipinski definition) is 2. The summed E-state index contributed by atoms with van der Waals surface area (Å²) in [5.74, 6) is -0.0176. The summed E-state index contributed by atoms with van der Waals surface area (Å²) in [6.45, 7) is 2.18. The fourth-order valence-electron chi connectivity index (χ4n) is 2.53. The van der Waals surface area contributed by atoms with Gasteiger partial charge >= 0.3 is 0 Å². The molecule has 0 aliphatic rings. The molecule has 0 saturated heterocycles. The van der Waals surface area contributed by atoms with Crippen LogP contribution in [0.2, 0.25) is 0 Å². The minimum Gasteiger partial charge on any atom is -0.507 e. The van der Waals surface area contributed by atoms with Crippen molar-refractivity contribution >= 4 is 5.78 Å². The van der Waals surface area contributed by atoms with Gasteiger partial charge in [0.2, 0.25) is 0 Å². The molecule has 2 heteroatoms. The van der Waals surface area contributed by atoms with E-state index < -0.39 is 0 Å². The summed E-state index contributed by atoms with van der Waals surface area (Å²) in [4.78, 5) is 12.6. The molecule has 0 saturated carbocycles. The second kappa shape index (κ2) is 7.63. The predicted octanol–water partition coefficient (Wildman–Crippen LogP) is 4.75. The molecule has 2 rings (SSSR count). The monoisotopic (exact) mass is 282 g/mol. The first-order chi connectivity index (χ1) is 10.2. The summed E-state index contributed by atoms with van der Waals surface area (Å²) in [6, 6.07) is 14.5. The van der Waals surface area contributed by atoms with Crippen molar-refractivity contribution < 1.29 is 9.90 Å². The second-order valence-electron chi connectivity index (χ2n) is 5.32. The minimum atomic E-state index is -0.0980. The van der Waals surface area contributed by atoms with Crippen LogP contribution in [0.5, 0.6) is 5.75 Å². The molecule has 0 heterocycles. The first-order valence-corrected chi connectivity index (χ1v) is 7.64. The predicted molar refractivity (Wildman–Crippen MR) is 85.8 cm³/mol. The lowest BCUT2D eigenvalue weighted by Gasteiger charge is -2.11. The van der Waals surface area contributed by atoms with Crippen LogP contribution in [0, 0.1) is 0 Å². The Hall–Kier alpha value is -2.09. The van der Waals surface area contributed by atoms with Crippen molar-refractivity contribution in [2.45, 2.75) is 39.0 Å². The molecular weight excluding hydrogens is 260 g/mol. The summed E-state index contributed by atoms with van der Waals surface area (Å²) in [5.41, 5.74) is 2.02. The van der Waals surface area contributed by atoms with Gasteiger partial charge in [0.25, 0.3) is 0 Å². The summed E-state index contributed by atoms with van der Waals surface area (Å²) in [6.07, 6.45) is 5.44. The van der Waals surface area contributed by atoms with E-state index >= 15 is 0 Å². The maximum absolute atomic E-state index is 12.6. The van der Waals surface area contributed by atoms with Gasteiger partial charge in [0.1, 0.15) is 5.75 Å². The third-order valence-corrected chi connectivity index (χ3v) is 3.69. The van der Waals surface area contributed by atoms with E-state index in [4.69, 9.17) is 0 Å². The first-order valence-electron chi connectivity index (χ1n) is 7.64. The van der Waals surface area contributed by atoms with Gasteiger partial charge in [-0.05, 0) is 24.5 Å². The lowest BCUT2D eigenvalue weighted by atomic mass is 9.94. The van der Waals surface area contributed by atoms with Crippen molar-refractivity contribution in [1.82, 2.24) is 0 Å². The zero-order valence-corrected chi connectivity index (χ0v) is 12.5. The van der Waals surface area contributed by atoms with Crippen molar-refractivity contribution in [3.8, 4) is 5.75 Å². The van der Waals surface area contributed by atoms with E-state index in [1.807, 2.05) is 30.3 Å². The fourth-order valence-corrected chi connectivity index (χ4v) is 2.53. The summed E-state index contributed by atoms with van der Waals surface area (Å²) in [5, 5.41) is 10.1. The standard InChI is InChI=1S/C19H22O2/c1-2-3-4-6-10-15-13-9-14-17(20)18(15)19(21)16-11-7-5-8-12-16/h5,7-9,11-14,20H,2-4,6,10H2,1H3. The van der Waals surface area contributed by atoms with Crippen LogP contribution < -0.4 is 0 Å². The zero-order chi connectivity index (χ0) is 15.1. The van der Waals surface area contributed by atoms with E-state index in [0.29, 0.717) is 11.1 Å². The second-order valence-corrected chi connectivity index (χ2v) is 5.32. The van der Waals surface area contributed by atoms with Gasteiger partial charge in [0.05, 0.1) is 5.56 Å². The van der Waals surface area contributed by atoms with Gasteiger partial charge in [-0.25, -0.2) is 0 Å². The molecule has 2 aromatic carbocycles. The number of unbranched alkanes of at least 4 members (excludes halogenated alkanes) is 3. The van der Waals surface area contributed by atoms with Gasteiger partial charge in [-0.1, -0.05) is 68.7 Å². The average molecular weight is 282 g/mol. The third-order valence-electron chi connectivity index (χ3n) is 3.69. The molecule has 0 radical (unpaired) electrons. The molecule has 2 aromatic rings. The maximum atomic E-state index is 12.6. The smallest absolute Gasteiger partial charge is 0.197 e. The van der Waals surface area contributed by atoms with Crippen LogP contribution >= 0.6 is 0 Å². The molecule has 0 fully saturated rings. The zero-order valence-electron chi connectivity index (χ0n) is 12.5. The Balaban J connectivity index is 2.23. The Morgan fingerprint density at radius 2 is 1.71 bits per heavy atom. The highest BCUT2D eigenvalue weighted by Gasteiger charge is 2.17. The number of aromatic hydroxyl groups is 1. The molecule has 1 N–H and O–H groups in total. The van der Waals surface area contributed by atoms with Crippen molar-refractivity contribution in [1.29, 1.82) is 0 Å². The van der Waals surface area contributed by atoms with E-state index in [-0.39, 0.29) is 11.5 Å². The highest BCUT2D eigenvalue weighted by molar-refractivity contribution is 6.11. The molecule has 110 valence electrons. The number of rotatable bonds is 7. The normalized spacial score (nSPS) is 10.5. The summed E-state index contributed by atoms with van der Waals surface area (Å²) in [7, 11) is 0. The van der Waals surface area contributed by atoms with E-state index in [1.54, 1.807) is 18.2 Å². The first kappa shape index (κ1) is 15.3. The molecule has 2 nitrogen and oxygen atoms in total. The molecule has 0 bridgehead atoms. The highest BCUT2D eigenvalue weighted by Crippen LogP contribution is 2.25. The van der Waals surface area contributed by atoms with Gasteiger partial charge in [0, 0.05) is 5.56 Å². The lowest BCUT2D eigenvalue weighted by molar-refractivity contribution is 0.103. The Morgan fingerprint density at radius 3 is 2.43 bits per heavy atom. The lowest BCUT2D eigenvalue weighted by Crippen LogP contribution is -2.06. The minimum absolute atomic E-state index is 0.0804. The van der Waals surface area contributed by atoms with Crippen LogP contribution in [0.4, 0.5) is 0 Å². The average Bonchev–Trinajstić information content (AvgIpc) is 2.52. The molecule has 0 unspecified atom stereocenters. The molecule has 0 aromatic heterocycles. The Bertz CT molecular complexity index is 588. The number of phenolic OH excluding ortho intramolecular Hbond substituents is 1. The SMILES string of the molecule is CCCCCCc1cccc(O)c1C(=O)c1ccccc1. The Morgan fingerprint density at radius 1 is 0.952 bits per heavy atom. The largest absolute Gasteiger partial charge is 0.507 e. The molecule has 0 aliphatic carbocycles. The molecule has 0 spiro atoms. The van der Waals surface area contributed by atoms with Crippen LogP contribution in [-0.2, 0) is 6.42 Å². The van der Waals surface area contributed by atoms with E-state index in [0.717, 1.165) is 24.8 Å². The quantitative estimate of drug-likeness (QED) is 0.588. The van der Waals surface area contributed by atoms with Gasteiger partial charge in [-0.2, -0.15) is 0 Å². The fraction of sp³-hybridized carbons (Fsp3) is 0.316. The molecule has 0 aliphatic heterocycles. The number of aryl methyl sites for hydroxylation is 1. The summed E-state index contributed by atoms with van der Waals surface area (Å²) >= 11 is 0. The van der Waals surface area contributed by atoms with Crippen LogP contribution in [0.25, 0.3) is 0 Å². The van der Waals surface area contributed by atoms with Gasteiger partial charge < -0.3 is 5.11 Å². The topological polar surface area (TPSA) is 37.3 Å². The number of hydrogen-bond donors (Lipinski definition) is 1. The molecule has 0 atom stereocenters. The third kappa shape index (κ3) is 3.94. The van der Waals surface area contributed by atoms with Crippen LogP contribution in [0.15, 0.2) is 48.5 Å². The number of carbonyl (C=O) groups excluding carboxylic acids is 1. The van der Waals surface area contributed by atoms with Gasteiger partial charge in [-0.3, -0.25) is 4.79 Å². The molecule has 0 amide bonds.